The molecule has 2 heterocycles. The van der Waals surface area contributed by atoms with Gasteiger partial charge in [0.15, 0.2) is 0 Å². The number of hydrogen-bond donors (Lipinski definition) is 2. The van der Waals surface area contributed by atoms with Crippen LogP contribution in [0.15, 0.2) is 18.3 Å². The predicted molar refractivity (Wildman–Crippen MR) is 94.6 cm³/mol. The molecule has 0 spiro atoms. The first-order valence-corrected chi connectivity index (χ1v) is 8.87. The van der Waals surface area contributed by atoms with Crippen molar-refractivity contribution < 1.29 is 4.79 Å². The number of amides is 2. The Hall–Kier alpha value is -1.78. The molecule has 1 fully saturated rings. The number of piperidine rings is 1. The molecule has 1 saturated heterocycles. The van der Waals surface area contributed by atoms with Crippen molar-refractivity contribution in [3.8, 4) is 0 Å². The van der Waals surface area contributed by atoms with Crippen LogP contribution in [0.3, 0.4) is 0 Å². The number of nitrogens with zero attached hydrogens (tertiary/aromatic N) is 2. The lowest BCUT2D eigenvalue weighted by molar-refractivity contribution is 0.240. The molecule has 5 nitrogen and oxygen atoms in total. The van der Waals surface area contributed by atoms with Crippen LogP contribution in [-0.2, 0) is 6.54 Å². The molecule has 0 aromatic carbocycles. The second kappa shape index (κ2) is 9.38. The van der Waals surface area contributed by atoms with E-state index in [1.54, 1.807) is 0 Å². The Bertz CT molecular complexity index is 484. The van der Waals surface area contributed by atoms with E-state index in [2.05, 4.69) is 40.4 Å². The van der Waals surface area contributed by atoms with Crippen molar-refractivity contribution in [2.24, 2.45) is 5.92 Å². The fourth-order valence-electron chi connectivity index (χ4n) is 2.91. The average molecular weight is 318 g/mol. The predicted octanol–water partition coefficient (Wildman–Crippen LogP) is 3.31. The normalized spacial score (nSPS) is 14.8. The highest BCUT2D eigenvalue weighted by atomic mass is 16.2. The summed E-state index contributed by atoms with van der Waals surface area (Å²) in [4.78, 5) is 18.8. The minimum Gasteiger partial charge on any atom is -0.356 e. The van der Waals surface area contributed by atoms with E-state index >= 15 is 0 Å². The van der Waals surface area contributed by atoms with Gasteiger partial charge < -0.3 is 15.5 Å². The van der Waals surface area contributed by atoms with Crippen molar-refractivity contribution in [2.45, 2.75) is 52.5 Å². The maximum absolute atomic E-state index is 11.9. The number of carbonyl (C=O) groups excluding carboxylic acids is 1. The molecule has 0 radical (unpaired) electrons. The number of hydrogen-bond acceptors (Lipinski definition) is 3. The van der Waals surface area contributed by atoms with Gasteiger partial charge in [-0.3, -0.25) is 0 Å². The number of anilines is 1. The minimum atomic E-state index is -0.0952. The maximum Gasteiger partial charge on any atom is 0.315 e. The first kappa shape index (κ1) is 17.6. The second-order valence-corrected chi connectivity index (χ2v) is 6.68. The largest absolute Gasteiger partial charge is 0.356 e. The van der Waals surface area contributed by atoms with E-state index < -0.39 is 0 Å². The Kier molecular flexibility index (Phi) is 7.17. The average Bonchev–Trinajstić information content (AvgIpc) is 2.58. The molecule has 1 aromatic rings. The molecule has 1 aromatic heterocycles. The van der Waals surface area contributed by atoms with E-state index in [1.807, 2.05) is 12.3 Å². The lowest BCUT2D eigenvalue weighted by Gasteiger charge is -2.29. The van der Waals surface area contributed by atoms with Gasteiger partial charge in [-0.15, -0.1) is 0 Å². The summed E-state index contributed by atoms with van der Waals surface area (Å²) < 4.78 is 0. The molecule has 0 saturated carbocycles. The summed E-state index contributed by atoms with van der Waals surface area (Å²) in [6.45, 7) is 7.78. The molecule has 1 aliphatic rings. The standard InChI is InChI=1S/C18H30N4O/c1-15(2)8-6-11-20-18(23)21-14-16-9-7-10-19-17(16)22-12-4-3-5-13-22/h7,9-10,15H,3-6,8,11-14H2,1-2H3,(H2,20,21,23). The van der Waals surface area contributed by atoms with Crippen molar-refractivity contribution in [3.63, 3.8) is 0 Å². The van der Waals surface area contributed by atoms with Gasteiger partial charge >= 0.3 is 6.03 Å². The van der Waals surface area contributed by atoms with Gasteiger partial charge in [0.1, 0.15) is 5.82 Å². The number of rotatable bonds is 7. The molecule has 128 valence electrons. The van der Waals surface area contributed by atoms with Crippen molar-refractivity contribution in [1.29, 1.82) is 0 Å². The molecule has 5 heteroatoms. The van der Waals surface area contributed by atoms with E-state index in [9.17, 15) is 4.79 Å². The topological polar surface area (TPSA) is 57.3 Å². The molecule has 0 bridgehead atoms. The summed E-state index contributed by atoms with van der Waals surface area (Å²) in [5.41, 5.74) is 1.09. The van der Waals surface area contributed by atoms with Crippen molar-refractivity contribution in [1.82, 2.24) is 15.6 Å². The summed E-state index contributed by atoms with van der Waals surface area (Å²) in [5, 5.41) is 5.87. The third-order valence-electron chi connectivity index (χ3n) is 4.21. The van der Waals surface area contributed by atoms with Crippen molar-refractivity contribution >= 4 is 11.8 Å². The molecule has 2 amide bonds. The Balaban J connectivity index is 1.79. The van der Waals surface area contributed by atoms with Gasteiger partial charge in [0, 0.05) is 37.9 Å². The number of pyridine rings is 1. The van der Waals surface area contributed by atoms with E-state index in [1.165, 1.54) is 19.3 Å². The van der Waals surface area contributed by atoms with Crippen molar-refractivity contribution in [3.05, 3.63) is 23.9 Å². The number of aromatic nitrogens is 1. The SMILES string of the molecule is CC(C)CCCNC(=O)NCc1cccnc1N1CCCCC1. The smallest absolute Gasteiger partial charge is 0.315 e. The number of carbonyl (C=O) groups is 1. The van der Waals surface area contributed by atoms with Crippen LogP contribution in [0.5, 0.6) is 0 Å². The highest BCUT2D eigenvalue weighted by molar-refractivity contribution is 5.74. The number of urea groups is 1. The molecular formula is C18H30N4O. The summed E-state index contributed by atoms with van der Waals surface area (Å²) in [6.07, 6.45) is 7.74. The van der Waals surface area contributed by atoms with E-state index in [0.29, 0.717) is 12.5 Å². The summed E-state index contributed by atoms with van der Waals surface area (Å²) in [6, 6.07) is 3.89. The van der Waals surface area contributed by atoms with Crippen LogP contribution in [0.1, 0.15) is 51.5 Å². The quantitative estimate of drug-likeness (QED) is 0.758. The van der Waals surface area contributed by atoms with E-state index in [4.69, 9.17) is 0 Å². The minimum absolute atomic E-state index is 0.0952. The first-order valence-electron chi connectivity index (χ1n) is 8.87. The maximum atomic E-state index is 11.9. The van der Waals surface area contributed by atoms with Gasteiger partial charge in [-0.1, -0.05) is 19.9 Å². The monoisotopic (exact) mass is 318 g/mol. The van der Waals surface area contributed by atoms with Gasteiger partial charge in [0.25, 0.3) is 0 Å². The molecular weight excluding hydrogens is 288 g/mol. The Morgan fingerprint density at radius 3 is 2.78 bits per heavy atom. The zero-order chi connectivity index (χ0) is 16.5. The summed E-state index contributed by atoms with van der Waals surface area (Å²) >= 11 is 0. The first-order chi connectivity index (χ1) is 11.2. The van der Waals surface area contributed by atoms with Gasteiger partial charge in [0.05, 0.1) is 0 Å². The van der Waals surface area contributed by atoms with Crippen LogP contribution in [0, 0.1) is 5.92 Å². The summed E-state index contributed by atoms with van der Waals surface area (Å²) in [5.74, 6) is 1.70. The van der Waals surface area contributed by atoms with Crippen LogP contribution >= 0.6 is 0 Å². The molecule has 0 atom stereocenters. The fraction of sp³-hybridized carbons (Fsp3) is 0.667. The van der Waals surface area contributed by atoms with E-state index in [0.717, 1.165) is 43.9 Å². The third kappa shape index (κ3) is 6.08. The highest BCUT2D eigenvalue weighted by Gasteiger charge is 2.15. The Morgan fingerprint density at radius 2 is 2.04 bits per heavy atom. The highest BCUT2D eigenvalue weighted by Crippen LogP contribution is 2.21. The van der Waals surface area contributed by atoms with Gasteiger partial charge in [-0.2, -0.15) is 0 Å². The summed E-state index contributed by atoms with van der Waals surface area (Å²) in [7, 11) is 0. The van der Waals surface area contributed by atoms with Crippen LogP contribution in [0.25, 0.3) is 0 Å². The molecule has 1 aliphatic heterocycles. The second-order valence-electron chi connectivity index (χ2n) is 6.68. The van der Waals surface area contributed by atoms with Crippen molar-refractivity contribution in [2.75, 3.05) is 24.5 Å². The zero-order valence-electron chi connectivity index (χ0n) is 14.5. The van der Waals surface area contributed by atoms with Gasteiger partial charge in [-0.25, -0.2) is 9.78 Å². The lowest BCUT2D eigenvalue weighted by atomic mass is 10.1. The Morgan fingerprint density at radius 1 is 1.26 bits per heavy atom. The molecule has 2 N–H and O–H groups in total. The third-order valence-corrected chi connectivity index (χ3v) is 4.21. The van der Waals surface area contributed by atoms with Crippen LogP contribution in [0.4, 0.5) is 10.6 Å². The van der Waals surface area contributed by atoms with E-state index in [-0.39, 0.29) is 6.03 Å². The van der Waals surface area contributed by atoms with Crippen LogP contribution in [0.2, 0.25) is 0 Å². The molecule has 23 heavy (non-hydrogen) atoms. The zero-order valence-corrected chi connectivity index (χ0v) is 14.5. The van der Waals surface area contributed by atoms with Crippen LogP contribution in [-0.4, -0.2) is 30.6 Å². The lowest BCUT2D eigenvalue weighted by Crippen LogP contribution is -2.36. The van der Waals surface area contributed by atoms with Crippen LogP contribution < -0.4 is 15.5 Å². The molecule has 0 unspecified atom stereocenters. The molecule has 2 rings (SSSR count). The fourth-order valence-corrected chi connectivity index (χ4v) is 2.91. The number of nitrogens with one attached hydrogen (secondary N) is 2. The molecule has 0 aliphatic carbocycles. The van der Waals surface area contributed by atoms with Gasteiger partial charge in [0.2, 0.25) is 0 Å². The van der Waals surface area contributed by atoms with Gasteiger partial charge in [-0.05, 0) is 44.1 Å². The Labute approximate surface area is 139 Å².